The molecule has 0 fully saturated rings. The number of nitrogens with zero attached hydrogens (tertiary/aromatic N) is 1. The average molecular weight is 295 g/mol. The zero-order chi connectivity index (χ0) is 14.8. The van der Waals surface area contributed by atoms with E-state index in [0.29, 0.717) is 11.1 Å². The van der Waals surface area contributed by atoms with Crippen molar-refractivity contribution < 1.29 is 12.8 Å². The second-order valence-corrected chi connectivity index (χ2v) is 6.36. The Morgan fingerprint density at radius 2 is 2.10 bits per heavy atom. The lowest BCUT2D eigenvalue weighted by Gasteiger charge is -2.17. The number of hydrogen-bond acceptors (Lipinski definition) is 5. The minimum absolute atomic E-state index is 0.157. The van der Waals surface area contributed by atoms with Crippen molar-refractivity contribution in [1.82, 2.24) is 10.4 Å². The number of hydrogen-bond donors (Lipinski definition) is 2. The minimum Gasteiger partial charge on any atom is -0.271 e. The first-order valence-electron chi connectivity index (χ1n) is 5.79. The topological polar surface area (TPSA) is 85.1 Å². The van der Waals surface area contributed by atoms with Crippen LogP contribution in [-0.4, -0.2) is 19.7 Å². The van der Waals surface area contributed by atoms with E-state index < -0.39 is 21.7 Å². The largest absolute Gasteiger partial charge is 0.271 e. The van der Waals surface area contributed by atoms with E-state index in [1.165, 1.54) is 24.4 Å². The number of hydrazine groups is 1. The Kier molecular flexibility index (Phi) is 4.12. The standard InChI is InChI=1S/C13H14FN3O2S/c1-20(18,19)10-4-2-3-9(7-10)13(17-15)11-5-6-16-8-12(11)14/h2-8,13,17H,15H2,1H3. The molecule has 1 aromatic carbocycles. The van der Waals surface area contributed by atoms with E-state index >= 15 is 0 Å². The molecule has 20 heavy (non-hydrogen) atoms. The summed E-state index contributed by atoms with van der Waals surface area (Å²) >= 11 is 0. The molecule has 0 aliphatic carbocycles. The molecule has 2 aromatic rings. The van der Waals surface area contributed by atoms with Crippen LogP contribution < -0.4 is 11.3 Å². The lowest BCUT2D eigenvalue weighted by molar-refractivity contribution is 0.555. The summed E-state index contributed by atoms with van der Waals surface area (Å²) in [7, 11) is -3.33. The van der Waals surface area contributed by atoms with E-state index in [9.17, 15) is 12.8 Å². The molecule has 0 saturated heterocycles. The highest BCUT2D eigenvalue weighted by Crippen LogP contribution is 2.25. The lowest BCUT2D eigenvalue weighted by Crippen LogP contribution is -2.29. The van der Waals surface area contributed by atoms with Crippen molar-refractivity contribution in [3.63, 3.8) is 0 Å². The van der Waals surface area contributed by atoms with Crippen LogP contribution in [0.4, 0.5) is 4.39 Å². The van der Waals surface area contributed by atoms with E-state index in [0.717, 1.165) is 12.5 Å². The smallest absolute Gasteiger partial charge is 0.175 e. The Bertz CT molecular complexity index is 719. The van der Waals surface area contributed by atoms with E-state index in [2.05, 4.69) is 10.4 Å². The van der Waals surface area contributed by atoms with Crippen LogP contribution in [0, 0.1) is 5.82 Å². The second-order valence-electron chi connectivity index (χ2n) is 4.34. The van der Waals surface area contributed by atoms with Crippen LogP contribution in [0.1, 0.15) is 17.2 Å². The molecule has 0 saturated carbocycles. The predicted molar refractivity (Wildman–Crippen MR) is 72.9 cm³/mol. The van der Waals surface area contributed by atoms with Gasteiger partial charge in [-0.05, 0) is 23.8 Å². The number of nitrogens with two attached hydrogens (primary N) is 1. The van der Waals surface area contributed by atoms with Crippen molar-refractivity contribution >= 4 is 9.84 Å². The summed E-state index contributed by atoms with van der Waals surface area (Å²) in [5.41, 5.74) is 3.35. The summed E-state index contributed by atoms with van der Waals surface area (Å²) in [6, 6.07) is 7.07. The molecule has 0 aliphatic rings. The van der Waals surface area contributed by atoms with Crippen molar-refractivity contribution in [2.45, 2.75) is 10.9 Å². The highest BCUT2D eigenvalue weighted by Gasteiger charge is 2.18. The summed E-state index contributed by atoms with van der Waals surface area (Å²) in [5.74, 6) is 4.96. The van der Waals surface area contributed by atoms with Gasteiger partial charge in [0.15, 0.2) is 9.84 Å². The lowest BCUT2D eigenvalue weighted by atomic mass is 10.00. The molecule has 0 aliphatic heterocycles. The number of pyridine rings is 1. The van der Waals surface area contributed by atoms with Crippen molar-refractivity contribution in [2.75, 3.05) is 6.26 Å². The fourth-order valence-corrected chi connectivity index (χ4v) is 2.59. The molecular formula is C13H14FN3O2S. The molecule has 1 aromatic heterocycles. The summed E-state index contributed by atoms with van der Waals surface area (Å²) < 4.78 is 36.9. The van der Waals surface area contributed by atoms with Gasteiger partial charge in [0.25, 0.3) is 0 Å². The van der Waals surface area contributed by atoms with Gasteiger partial charge in [-0.3, -0.25) is 10.8 Å². The van der Waals surface area contributed by atoms with Gasteiger partial charge in [-0.15, -0.1) is 0 Å². The SMILES string of the molecule is CS(=O)(=O)c1cccc(C(NN)c2ccncc2F)c1. The third kappa shape index (κ3) is 3.01. The Morgan fingerprint density at radius 3 is 2.70 bits per heavy atom. The molecule has 0 amide bonds. The van der Waals surface area contributed by atoms with E-state index in [1.807, 2.05) is 0 Å². The summed E-state index contributed by atoms with van der Waals surface area (Å²) in [6.45, 7) is 0. The average Bonchev–Trinajstić information content (AvgIpc) is 2.41. The van der Waals surface area contributed by atoms with Gasteiger partial charge in [0.1, 0.15) is 5.82 Å². The highest BCUT2D eigenvalue weighted by atomic mass is 32.2. The number of halogens is 1. The summed E-state index contributed by atoms with van der Waals surface area (Å²) in [6.07, 6.45) is 3.65. The number of rotatable bonds is 4. The van der Waals surface area contributed by atoms with Crippen molar-refractivity contribution in [2.24, 2.45) is 5.84 Å². The Labute approximate surface area is 116 Å². The van der Waals surface area contributed by atoms with E-state index in [1.54, 1.807) is 12.1 Å². The van der Waals surface area contributed by atoms with Gasteiger partial charge in [0.2, 0.25) is 0 Å². The third-order valence-corrected chi connectivity index (χ3v) is 4.01. The van der Waals surface area contributed by atoms with Gasteiger partial charge in [0, 0.05) is 18.0 Å². The molecule has 1 atom stereocenters. The first kappa shape index (κ1) is 14.6. The minimum atomic E-state index is -3.33. The van der Waals surface area contributed by atoms with Crippen LogP contribution in [0.5, 0.6) is 0 Å². The molecule has 0 bridgehead atoms. The molecule has 2 rings (SSSR count). The van der Waals surface area contributed by atoms with Crippen molar-refractivity contribution in [1.29, 1.82) is 0 Å². The normalized spacial score (nSPS) is 13.2. The van der Waals surface area contributed by atoms with Crippen LogP contribution in [0.15, 0.2) is 47.6 Å². The predicted octanol–water partition coefficient (Wildman–Crippen LogP) is 1.18. The van der Waals surface area contributed by atoms with Gasteiger partial charge in [-0.1, -0.05) is 12.1 Å². The zero-order valence-corrected chi connectivity index (χ0v) is 11.6. The van der Waals surface area contributed by atoms with E-state index in [4.69, 9.17) is 5.84 Å². The van der Waals surface area contributed by atoms with Crippen LogP contribution in [0.2, 0.25) is 0 Å². The van der Waals surface area contributed by atoms with Gasteiger partial charge in [-0.2, -0.15) is 0 Å². The van der Waals surface area contributed by atoms with Crippen LogP contribution in [0.3, 0.4) is 0 Å². The molecule has 106 valence electrons. The van der Waals surface area contributed by atoms with Gasteiger partial charge in [0.05, 0.1) is 17.1 Å². The molecule has 1 heterocycles. The second kappa shape index (κ2) is 5.66. The van der Waals surface area contributed by atoms with Crippen molar-refractivity contribution in [3.05, 3.63) is 59.7 Å². The third-order valence-electron chi connectivity index (χ3n) is 2.90. The molecule has 0 radical (unpaired) electrons. The monoisotopic (exact) mass is 295 g/mol. The van der Waals surface area contributed by atoms with Gasteiger partial charge >= 0.3 is 0 Å². The quantitative estimate of drug-likeness (QED) is 0.653. The summed E-state index contributed by atoms with van der Waals surface area (Å²) in [4.78, 5) is 3.83. The first-order chi connectivity index (χ1) is 9.43. The Balaban J connectivity index is 2.51. The maximum Gasteiger partial charge on any atom is 0.175 e. The maximum absolute atomic E-state index is 13.8. The molecule has 0 spiro atoms. The molecule has 1 unspecified atom stereocenters. The Morgan fingerprint density at radius 1 is 1.35 bits per heavy atom. The zero-order valence-electron chi connectivity index (χ0n) is 10.7. The molecule has 7 heteroatoms. The van der Waals surface area contributed by atoms with Crippen molar-refractivity contribution in [3.8, 4) is 0 Å². The highest BCUT2D eigenvalue weighted by molar-refractivity contribution is 7.90. The Hall–Kier alpha value is -1.83. The number of aromatic nitrogens is 1. The molecular weight excluding hydrogens is 281 g/mol. The van der Waals surface area contributed by atoms with Gasteiger partial charge in [-0.25, -0.2) is 18.2 Å². The van der Waals surface area contributed by atoms with Crippen LogP contribution >= 0.6 is 0 Å². The number of sulfone groups is 1. The molecule has 3 N–H and O–H groups in total. The first-order valence-corrected chi connectivity index (χ1v) is 7.68. The number of benzene rings is 1. The summed E-state index contributed by atoms with van der Waals surface area (Å²) in [5, 5.41) is 0. The number of nitrogens with one attached hydrogen (secondary N) is 1. The fraction of sp³-hybridized carbons (Fsp3) is 0.154. The molecule has 5 nitrogen and oxygen atoms in total. The van der Waals surface area contributed by atoms with Crippen LogP contribution in [0.25, 0.3) is 0 Å². The van der Waals surface area contributed by atoms with Gasteiger partial charge < -0.3 is 0 Å². The van der Waals surface area contributed by atoms with Crippen LogP contribution in [-0.2, 0) is 9.84 Å². The van der Waals surface area contributed by atoms with E-state index in [-0.39, 0.29) is 4.90 Å². The maximum atomic E-state index is 13.8. The fourth-order valence-electron chi connectivity index (χ4n) is 1.91.